The number of nitrogens with zero attached hydrogens (tertiary/aromatic N) is 1. The maximum Gasteiger partial charge on any atom is 0.245 e. The van der Waals surface area contributed by atoms with Gasteiger partial charge in [-0.1, -0.05) is 32.0 Å². The quantitative estimate of drug-likeness (QED) is 0.664. The largest absolute Gasteiger partial charge is 0.346 e. The molecule has 0 unspecified atom stereocenters. The number of hydrogen-bond donors (Lipinski definition) is 3. The molecule has 142 valence electrons. The van der Waals surface area contributed by atoms with Crippen molar-refractivity contribution in [2.75, 3.05) is 11.9 Å². The first-order valence-electron chi connectivity index (χ1n) is 7.88. The molecule has 6 nitrogen and oxygen atoms in total. The summed E-state index contributed by atoms with van der Waals surface area (Å²) in [6.07, 6.45) is 2.00. The van der Waals surface area contributed by atoms with E-state index in [1.807, 2.05) is 13.8 Å². The lowest BCUT2D eigenvalue weighted by atomic mass is 10.1. The highest BCUT2D eigenvalue weighted by atomic mass is 35.5. The smallest absolute Gasteiger partial charge is 0.245 e. The van der Waals surface area contributed by atoms with E-state index in [-0.39, 0.29) is 36.6 Å². The third-order valence-corrected chi connectivity index (χ3v) is 4.48. The Morgan fingerprint density at radius 3 is 2.65 bits per heavy atom. The zero-order valence-corrected chi connectivity index (χ0v) is 16.1. The molecule has 0 fully saturated rings. The first kappa shape index (κ1) is 22.0. The Bertz CT molecular complexity index is 754. The second kappa shape index (κ2) is 10.2. The molecular weight excluding hydrogens is 379 g/mol. The zero-order chi connectivity index (χ0) is 18.4. The summed E-state index contributed by atoms with van der Waals surface area (Å²) in [5.74, 6) is -1.05. The van der Waals surface area contributed by atoms with Crippen LogP contribution < -0.4 is 16.4 Å². The molecule has 0 saturated heterocycles. The number of benzene rings is 1. The molecule has 0 saturated carbocycles. The maximum atomic E-state index is 13.7. The Balaban J connectivity index is 0.00000338. The Morgan fingerprint density at radius 2 is 2.00 bits per heavy atom. The summed E-state index contributed by atoms with van der Waals surface area (Å²) in [7, 11) is 0. The average molecular weight is 401 g/mol. The predicted octanol–water partition coefficient (Wildman–Crippen LogP) is 2.33. The molecule has 2 aromatic rings. The number of halogens is 2. The van der Waals surface area contributed by atoms with Crippen LogP contribution in [-0.4, -0.2) is 29.4 Å². The topological polar surface area (TPSA) is 97.1 Å². The van der Waals surface area contributed by atoms with E-state index in [0.29, 0.717) is 17.1 Å². The van der Waals surface area contributed by atoms with Gasteiger partial charge in [0.05, 0.1) is 12.6 Å². The van der Waals surface area contributed by atoms with E-state index in [4.69, 9.17) is 5.73 Å². The van der Waals surface area contributed by atoms with Crippen LogP contribution in [0.4, 0.5) is 9.52 Å². The Morgan fingerprint density at radius 1 is 1.31 bits per heavy atom. The van der Waals surface area contributed by atoms with Crippen molar-refractivity contribution < 1.29 is 14.0 Å². The van der Waals surface area contributed by atoms with Crippen LogP contribution >= 0.6 is 23.7 Å². The van der Waals surface area contributed by atoms with Crippen LogP contribution in [0.2, 0.25) is 0 Å². The third kappa shape index (κ3) is 6.36. The van der Waals surface area contributed by atoms with Crippen molar-refractivity contribution in [3.63, 3.8) is 0 Å². The third-order valence-electron chi connectivity index (χ3n) is 3.57. The number of carbonyl (C=O) groups is 2. The van der Waals surface area contributed by atoms with Crippen molar-refractivity contribution in [1.29, 1.82) is 0 Å². The van der Waals surface area contributed by atoms with Gasteiger partial charge in [-0.15, -0.1) is 23.7 Å². The van der Waals surface area contributed by atoms with E-state index in [1.165, 1.54) is 17.4 Å². The summed E-state index contributed by atoms with van der Waals surface area (Å²) in [6.45, 7) is 3.48. The fraction of sp³-hybridized carbons (Fsp3) is 0.353. The molecule has 0 aliphatic carbocycles. The van der Waals surface area contributed by atoms with Crippen molar-refractivity contribution in [1.82, 2.24) is 10.3 Å². The minimum absolute atomic E-state index is 0. The molecule has 9 heteroatoms. The standard InChI is InChI=1S/C17H21FN4O2S.ClH/c1-10(2)15(19)16(24)20-9-14(23)22-17-21-8-12(25-17)7-11-5-3-4-6-13(11)18;/h3-6,8,10,15H,7,9,19H2,1-2H3,(H,20,24)(H,21,22,23);1H/t15-;/m0./s1. The number of thiazole rings is 1. The molecular formula is C17H22ClFN4O2S. The van der Waals surface area contributed by atoms with Crippen molar-refractivity contribution in [3.8, 4) is 0 Å². The van der Waals surface area contributed by atoms with Gasteiger partial charge in [-0.05, 0) is 17.5 Å². The Hall–Kier alpha value is -2.03. The highest BCUT2D eigenvalue weighted by Gasteiger charge is 2.18. The van der Waals surface area contributed by atoms with Gasteiger partial charge in [0.25, 0.3) is 0 Å². The Kier molecular flexibility index (Phi) is 8.64. The first-order chi connectivity index (χ1) is 11.9. The monoisotopic (exact) mass is 400 g/mol. The fourth-order valence-corrected chi connectivity index (χ4v) is 2.88. The van der Waals surface area contributed by atoms with Crippen molar-refractivity contribution in [2.45, 2.75) is 26.3 Å². The van der Waals surface area contributed by atoms with Gasteiger partial charge < -0.3 is 16.4 Å². The van der Waals surface area contributed by atoms with Crippen LogP contribution in [0.3, 0.4) is 0 Å². The number of carbonyl (C=O) groups excluding carboxylic acids is 2. The van der Waals surface area contributed by atoms with Gasteiger partial charge in [0.1, 0.15) is 5.82 Å². The molecule has 0 spiro atoms. The van der Waals surface area contributed by atoms with E-state index in [9.17, 15) is 14.0 Å². The molecule has 26 heavy (non-hydrogen) atoms. The highest BCUT2D eigenvalue weighted by Crippen LogP contribution is 2.22. The van der Waals surface area contributed by atoms with Gasteiger partial charge in [-0.2, -0.15) is 0 Å². The van der Waals surface area contributed by atoms with Crippen LogP contribution in [0.5, 0.6) is 0 Å². The lowest BCUT2D eigenvalue weighted by Crippen LogP contribution is -2.46. The van der Waals surface area contributed by atoms with E-state index < -0.39 is 11.9 Å². The summed E-state index contributed by atoms with van der Waals surface area (Å²) < 4.78 is 13.7. The number of aromatic nitrogens is 1. The van der Waals surface area contributed by atoms with Gasteiger partial charge >= 0.3 is 0 Å². The van der Waals surface area contributed by atoms with E-state index in [0.717, 1.165) is 4.88 Å². The second-order valence-electron chi connectivity index (χ2n) is 5.94. The average Bonchev–Trinajstić information content (AvgIpc) is 3.01. The van der Waals surface area contributed by atoms with Crippen molar-refractivity contribution >= 4 is 40.7 Å². The minimum atomic E-state index is -0.653. The van der Waals surface area contributed by atoms with Crippen LogP contribution in [0.25, 0.3) is 0 Å². The highest BCUT2D eigenvalue weighted by molar-refractivity contribution is 7.15. The molecule has 1 aromatic carbocycles. The van der Waals surface area contributed by atoms with Gasteiger partial charge in [-0.25, -0.2) is 9.37 Å². The summed E-state index contributed by atoms with van der Waals surface area (Å²) in [4.78, 5) is 28.5. The summed E-state index contributed by atoms with van der Waals surface area (Å²) in [5, 5.41) is 5.50. The zero-order valence-electron chi connectivity index (χ0n) is 14.5. The number of hydrogen-bond acceptors (Lipinski definition) is 5. The summed E-state index contributed by atoms with van der Waals surface area (Å²) in [5.41, 5.74) is 6.27. The minimum Gasteiger partial charge on any atom is -0.346 e. The lowest BCUT2D eigenvalue weighted by molar-refractivity contribution is -0.125. The number of anilines is 1. The normalized spacial score (nSPS) is 11.6. The van der Waals surface area contributed by atoms with E-state index >= 15 is 0 Å². The van der Waals surface area contributed by atoms with Crippen molar-refractivity contribution in [3.05, 3.63) is 46.7 Å². The first-order valence-corrected chi connectivity index (χ1v) is 8.69. The molecule has 4 N–H and O–H groups in total. The Labute approximate surface area is 161 Å². The van der Waals surface area contributed by atoms with Crippen LogP contribution in [0.1, 0.15) is 24.3 Å². The van der Waals surface area contributed by atoms with Gasteiger partial charge in [0, 0.05) is 17.5 Å². The van der Waals surface area contributed by atoms with E-state index in [2.05, 4.69) is 15.6 Å². The van der Waals surface area contributed by atoms with Crippen LogP contribution in [-0.2, 0) is 16.0 Å². The number of rotatable bonds is 7. The molecule has 2 rings (SSSR count). The predicted molar refractivity (Wildman–Crippen MR) is 103 cm³/mol. The van der Waals surface area contributed by atoms with Gasteiger partial charge in [-0.3, -0.25) is 9.59 Å². The van der Waals surface area contributed by atoms with Crippen LogP contribution in [0, 0.1) is 11.7 Å². The fourth-order valence-electron chi connectivity index (χ4n) is 2.03. The molecule has 1 atom stereocenters. The summed E-state index contributed by atoms with van der Waals surface area (Å²) >= 11 is 1.26. The molecule has 0 aliphatic heterocycles. The van der Waals surface area contributed by atoms with Crippen molar-refractivity contribution in [2.24, 2.45) is 11.7 Å². The SMILES string of the molecule is CC(C)[C@H](N)C(=O)NCC(=O)Nc1ncc(Cc2ccccc2F)s1.Cl. The van der Waals surface area contributed by atoms with Gasteiger partial charge in [0.2, 0.25) is 11.8 Å². The number of nitrogens with two attached hydrogens (primary N) is 1. The molecule has 2 amide bonds. The van der Waals surface area contributed by atoms with Crippen LogP contribution in [0.15, 0.2) is 30.5 Å². The lowest BCUT2D eigenvalue weighted by Gasteiger charge is -2.14. The molecule has 1 aromatic heterocycles. The van der Waals surface area contributed by atoms with E-state index in [1.54, 1.807) is 24.4 Å². The number of amides is 2. The molecule has 0 bridgehead atoms. The van der Waals surface area contributed by atoms with Gasteiger partial charge in [0.15, 0.2) is 5.13 Å². The second-order valence-corrected chi connectivity index (χ2v) is 7.05. The maximum absolute atomic E-state index is 13.7. The molecule has 0 aliphatic rings. The summed E-state index contributed by atoms with van der Waals surface area (Å²) in [6, 6.07) is 5.87. The molecule has 1 heterocycles. The molecule has 0 radical (unpaired) electrons. The number of nitrogens with one attached hydrogen (secondary N) is 2.